The van der Waals surface area contributed by atoms with Gasteiger partial charge >= 0.3 is 6.09 Å². The van der Waals surface area contributed by atoms with E-state index in [-0.39, 0.29) is 31.5 Å². The van der Waals surface area contributed by atoms with Gasteiger partial charge in [-0.05, 0) is 56.0 Å². The minimum Gasteiger partial charge on any atom is -0.456 e. The summed E-state index contributed by atoms with van der Waals surface area (Å²) in [6.45, 7) is 6.00. The van der Waals surface area contributed by atoms with Crippen LogP contribution in [-0.4, -0.2) is 65.5 Å². The molecule has 3 aliphatic heterocycles. The number of amidine groups is 1. The lowest BCUT2D eigenvalue weighted by Gasteiger charge is -2.46. The maximum absolute atomic E-state index is 15.6. The molecule has 2 aromatic carbocycles. The first kappa shape index (κ1) is 22.6. The van der Waals surface area contributed by atoms with Crippen molar-refractivity contribution in [3.8, 4) is 0 Å². The van der Waals surface area contributed by atoms with Crippen LogP contribution in [0, 0.1) is 5.82 Å². The van der Waals surface area contributed by atoms with Gasteiger partial charge in [0.05, 0.1) is 25.7 Å². The van der Waals surface area contributed by atoms with Crippen LogP contribution in [0.3, 0.4) is 0 Å². The zero-order valence-corrected chi connectivity index (χ0v) is 19.6. The third-order valence-electron chi connectivity index (χ3n) is 6.49. The highest BCUT2D eigenvalue weighted by Gasteiger charge is 2.56. The minimum atomic E-state index is -1.68. The van der Waals surface area contributed by atoms with Crippen LogP contribution in [0.2, 0.25) is 0 Å². The number of carbonyl (C=O) groups is 1. The van der Waals surface area contributed by atoms with E-state index in [0.717, 1.165) is 17.5 Å². The van der Waals surface area contributed by atoms with Crippen LogP contribution >= 0.6 is 0 Å². The zero-order valence-electron chi connectivity index (χ0n) is 19.6. The number of amides is 1. The Bertz CT molecular complexity index is 1110. The monoisotopic (exact) mass is 469 g/mol. The Balaban J connectivity index is 1.32. The summed E-state index contributed by atoms with van der Waals surface area (Å²) < 4.78 is 40.6. The van der Waals surface area contributed by atoms with E-state index in [9.17, 15) is 9.18 Å². The van der Waals surface area contributed by atoms with Crippen molar-refractivity contribution in [1.82, 2.24) is 9.80 Å². The Morgan fingerprint density at radius 1 is 1.15 bits per heavy atom. The molecule has 0 aliphatic carbocycles. The fourth-order valence-corrected chi connectivity index (χ4v) is 4.82. The Morgan fingerprint density at radius 2 is 1.85 bits per heavy atom. The van der Waals surface area contributed by atoms with Gasteiger partial charge in [-0.3, -0.25) is 0 Å². The van der Waals surface area contributed by atoms with Crippen molar-refractivity contribution < 1.29 is 23.0 Å². The molecule has 8 heteroatoms. The van der Waals surface area contributed by atoms with Crippen molar-refractivity contribution in [3.05, 3.63) is 71.0 Å². The number of nitrogens with zero attached hydrogens (tertiary/aromatic N) is 3. The van der Waals surface area contributed by atoms with Gasteiger partial charge in [-0.2, -0.15) is 0 Å². The molecule has 0 radical (unpaired) electrons. The lowest BCUT2D eigenvalue weighted by molar-refractivity contribution is -0.100. The smallest absolute Gasteiger partial charge is 0.410 e. The van der Waals surface area contributed by atoms with Gasteiger partial charge in [0, 0.05) is 6.54 Å². The van der Waals surface area contributed by atoms with Gasteiger partial charge in [-0.25, -0.2) is 18.6 Å². The van der Waals surface area contributed by atoms with Crippen molar-refractivity contribution in [2.24, 2.45) is 4.99 Å². The zero-order chi connectivity index (χ0) is 24.1. The molecule has 0 bridgehead atoms. The average molecular weight is 470 g/mol. The van der Waals surface area contributed by atoms with E-state index >= 15 is 4.39 Å². The molecule has 180 valence electrons. The van der Waals surface area contributed by atoms with Crippen LogP contribution in [0.15, 0.2) is 53.5 Å². The number of benzene rings is 2. The second-order valence-corrected chi connectivity index (χ2v) is 10.2. The molecule has 0 unspecified atom stereocenters. The molecule has 5 rings (SSSR count). The van der Waals surface area contributed by atoms with Crippen LogP contribution in [0.1, 0.15) is 43.5 Å². The van der Waals surface area contributed by atoms with Crippen LogP contribution in [0.25, 0.3) is 0 Å². The second kappa shape index (κ2) is 8.25. The number of fused-ring (bicyclic) bond motifs is 1. The summed E-state index contributed by atoms with van der Waals surface area (Å²) in [7, 11) is 0. The highest BCUT2D eigenvalue weighted by Crippen LogP contribution is 2.39. The quantitative estimate of drug-likeness (QED) is 0.651. The van der Waals surface area contributed by atoms with Gasteiger partial charge in [-0.1, -0.05) is 36.4 Å². The molecule has 0 spiro atoms. The normalized spacial score (nSPS) is 23.5. The molecule has 0 aromatic heterocycles. The lowest BCUT2D eigenvalue weighted by atomic mass is 9.88. The van der Waals surface area contributed by atoms with E-state index in [1.165, 1.54) is 22.6 Å². The minimum absolute atomic E-state index is 0.0837. The number of hydrogen-bond donors (Lipinski definition) is 0. The Kier molecular flexibility index (Phi) is 5.49. The second-order valence-electron chi connectivity index (χ2n) is 10.2. The number of aliphatic imine (C=N–C) groups is 1. The van der Waals surface area contributed by atoms with Gasteiger partial charge in [0.2, 0.25) is 0 Å². The van der Waals surface area contributed by atoms with E-state index in [1.807, 2.05) is 17.0 Å². The third-order valence-corrected chi connectivity index (χ3v) is 6.49. The van der Waals surface area contributed by atoms with Crippen molar-refractivity contribution in [3.63, 3.8) is 0 Å². The first-order chi connectivity index (χ1) is 16.1. The molecule has 3 aliphatic rings. The molecule has 2 aromatic rings. The summed E-state index contributed by atoms with van der Waals surface area (Å²) in [6, 6.07) is 14.8. The number of ether oxygens (including phenoxy) is 2. The molecule has 6 nitrogen and oxygen atoms in total. The summed E-state index contributed by atoms with van der Waals surface area (Å²) in [4.78, 5) is 20.2. The van der Waals surface area contributed by atoms with Crippen LogP contribution in [0.5, 0.6) is 0 Å². The number of carbonyl (C=O) groups excluding carboxylic acids is 1. The molecule has 2 atom stereocenters. The Hall–Kier alpha value is -3.16. The maximum Gasteiger partial charge on any atom is 0.410 e. The van der Waals surface area contributed by atoms with Gasteiger partial charge < -0.3 is 19.3 Å². The standard InChI is InChI=1S/C26H29F2N3O3/c1-25(2,3)34-24(32)30-15-26(28,16-30)21-14-29-23(33-21)31-13-12-17-6-4-5-7-20(17)22(31)18-8-10-19(27)11-9-18/h4-11,21-22H,12-16H2,1-3H3/t21-,22-/m0/s1. The largest absolute Gasteiger partial charge is 0.456 e. The fourth-order valence-electron chi connectivity index (χ4n) is 4.82. The van der Waals surface area contributed by atoms with E-state index < -0.39 is 23.5 Å². The molecular weight excluding hydrogens is 440 g/mol. The predicted molar refractivity (Wildman–Crippen MR) is 124 cm³/mol. The first-order valence-electron chi connectivity index (χ1n) is 11.6. The highest BCUT2D eigenvalue weighted by molar-refractivity contribution is 5.78. The van der Waals surface area contributed by atoms with Crippen molar-refractivity contribution in [1.29, 1.82) is 0 Å². The number of alkyl halides is 1. The van der Waals surface area contributed by atoms with E-state index in [4.69, 9.17) is 9.47 Å². The summed E-state index contributed by atoms with van der Waals surface area (Å²) >= 11 is 0. The van der Waals surface area contributed by atoms with Crippen molar-refractivity contribution in [2.75, 3.05) is 26.2 Å². The summed E-state index contributed by atoms with van der Waals surface area (Å²) in [5.41, 5.74) is 0.924. The molecule has 0 saturated carbocycles. The third kappa shape index (κ3) is 4.21. The topological polar surface area (TPSA) is 54.4 Å². The number of halogens is 2. The first-order valence-corrected chi connectivity index (χ1v) is 11.6. The van der Waals surface area contributed by atoms with Gasteiger partial charge in [0.1, 0.15) is 11.4 Å². The Morgan fingerprint density at radius 3 is 2.56 bits per heavy atom. The van der Waals surface area contributed by atoms with E-state index in [1.54, 1.807) is 32.9 Å². The summed E-state index contributed by atoms with van der Waals surface area (Å²) in [5, 5.41) is 0. The van der Waals surface area contributed by atoms with Gasteiger partial charge in [0.15, 0.2) is 11.8 Å². The Labute approximate surface area is 198 Å². The summed E-state index contributed by atoms with van der Waals surface area (Å²) in [6.07, 6.45) is -0.496. The molecule has 3 heterocycles. The average Bonchev–Trinajstić information content (AvgIpc) is 3.26. The predicted octanol–water partition coefficient (Wildman–Crippen LogP) is 4.49. The number of likely N-dealkylation sites (tertiary alicyclic amines) is 1. The molecular formula is C26H29F2N3O3. The molecule has 1 saturated heterocycles. The van der Waals surface area contributed by atoms with Crippen molar-refractivity contribution in [2.45, 2.75) is 50.6 Å². The number of rotatable bonds is 2. The molecule has 1 amide bonds. The van der Waals surface area contributed by atoms with Gasteiger partial charge in [0.25, 0.3) is 6.02 Å². The molecule has 1 fully saturated rings. The van der Waals surface area contributed by atoms with Crippen molar-refractivity contribution >= 4 is 12.1 Å². The van der Waals surface area contributed by atoms with Crippen LogP contribution < -0.4 is 0 Å². The van der Waals surface area contributed by atoms with Crippen LogP contribution in [0.4, 0.5) is 13.6 Å². The highest BCUT2D eigenvalue weighted by atomic mass is 19.1. The lowest BCUT2D eigenvalue weighted by Crippen LogP contribution is -2.67. The molecule has 34 heavy (non-hydrogen) atoms. The molecule has 0 N–H and O–H groups in total. The summed E-state index contributed by atoms with van der Waals surface area (Å²) in [5.74, 6) is -0.298. The maximum atomic E-state index is 15.6. The fraction of sp³-hybridized carbons (Fsp3) is 0.462. The van der Waals surface area contributed by atoms with E-state index in [0.29, 0.717) is 12.6 Å². The SMILES string of the molecule is CC(C)(C)OC(=O)N1CC(F)([C@@H]2CN=C(N3CCc4ccccc4[C@@H]3c3ccc(F)cc3)O2)C1. The van der Waals surface area contributed by atoms with Crippen LogP contribution in [-0.2, 0) is 15.9 Å². The number of hydrogen-bond acceptors (Lipinski definition) is 5. The van der Waals surface area contributed by atoms with Gasteiger partial charge in [-0.15, -0.1) is 0 Å². The van der Waals surface area contributed by atoms with E-state index in [2.05, 4.69) is 17.1 Å².